The standard InChI is InChI=1S/C9H8FN3O5/c1-12-4(14)2-3(7(12)16)13-8(17)5(10)6(15)11-9(13)18/h3,17H,2H2,1H3,(H,11,15,18). The fourth-order valence-electron chi connectivity index (χ4n) is 1.74. The number of H-pyrrole nitrogens is 1. The number of imide groups is 1. The van der Waals surface area contributed by atoms with E-state index >= 15 is 0 Å². The van der Waals surface area contributed by atoms with Gasteiger partial charge in [-0.25, -0.2) is 9.36 Å². The van der Waals surface area contributed by atoms with Crippen LogP contribution in [0.3, 0.4) is 0 Å². The van der Waals surface area contributed by atoms with Crippen LogP contribution in [-0.2, 0) is 9.59 Å². The van der Waals surface area contributed by atoms with Gasteiger partial charge in [0.1, 0.15) is 6.04 Å². The highest BCUT2D eigenvalue weighted by Gasteiger charge is 2.39. The minimum atomic E-state index is -1.58. The number of rotatable bonds is 1. The molecule has 1 aromatic heterocycles. The van der Waals surface area contributed by atoms with Crippen molar-refractivity contribution in [2.45, 2.75) is 12.5 Å². The molecule has 0 spiro atoms. The average molecular weight is 257 g/mol. The second-order valence-corrected chi connectivity index (χ2v) is 3.78. The zero-order valence-corrected chi connectivity index (χ0v) is 9.14. The molecule has 1 aliphatic rings. The predicted octanol–water partition coefficient (Wildman–Crippen LogP) is -1.69. The second kappa shape index (κ2) is 3.79. The summed E-state index contributed by atoms with van der Waals surface area (Å²) in [6, 6.07) is -1.35. The number of carbonyl (C=O) groups is 2. The van der Waals surface area contributed by atoms with E-state index in [0.717, 1.165) is 4.90 Å². The van der Waals surface area contributed by atoms with Gasteiger partial charge in [-0.05, 0) is 0 Å². The van der Waals surface area contributed by atoms with Crippen LogP contribution in [0.5, 0.6) is 5.88 Å². The van der Waals surface area contributed by atoms with Gasteiger partial charge in [-0.15, -0.1) is 0 Å². The highest BCUT2D eigenvalue weighted by molar-refractivity contribution is 6.04. The maximum atomic E-state index is 13.2. The van der Waals surface area contributed by atoms with E-state index in [1.165, 1.54) is 7.05 Å². The Bertz CT molecular complexity index is 661. The molecular weight excluding hydrogens is 249 g/mol. The minimum Gasteiger partial charge on any atom is -0.492 e. The topological polar surface area (TPSA) is 112 Å². The van der Waals surface area contributed by atoms with Crippen LogP contribution in [0.1, 0.15) is 12.5 Å². The molecule has 2 rings (SSSR count). The number of carbonyl (C=O) groups excluding carboxylic acids is 2. The summed E-state index contributed by atoms with van der Waals surface area (Å²) in [5, 5.41) is 9.40. The molecule has 1 aromatic rings. The van der Waals surface area contributed by atoms with Gasteiger partial charge in [0.15, 0.2) is 0 Å². The molecule has 0 saturated carbocycles. The van der Waals surface area contributed by atoms with Crippen molar-refractivity contribution in [1.29, 1.82) is 0 Å². The zero-order chi connectivity index (χ0) is 13.6. The zero-order valence-electron chi connectivity index (χ0n) is 9.14. The molecule has 9 heteroatoms. The number of halogens is 1. The fraction of sp³-hybridized carbons (Fsp3) is 0.333. The number of nitrogens with zero attached hydrogens (tertiary/aromatic N) is 2. The van der Waals surface area contributed by atoms with Crippen molar-refractivity contribution in [3.05, 3.63) is 26.7 Å². The molecule has 8 nitrogen and oxygen atoms in total. The first kappa shape index (κ1) is 12.0. The smallest absolute Gasteiger partial charge is 0.332 e. The third-order valence-corrected chi connectivity index (χ3v) is 2.73. The molecular formula is C9H8FN3O5. The van der Waals surface area contributed by atoms with Gasteiger partial charge in [-0.3, -0.25) is 24.3 Å². The van der Waals surface area contributed by atoms with Crippen LogP contribution < -0.4 is 11.2 Å². The number of hydrogen-bond donors (Lipinski definition) is 2. The van der Waals surface area contributed by atoms with E-state index in [2.05, 4.69) is 0 Å². The average Bonchev–Trinajstić information content (AvgIpc) is 2.55. The number of likely N-dealkylation sites (N-methyl/N-ethyl adjacent to an activating group) is 1. The lowest BCUT2D eigenvalue weighted by atomic mass is 10.2. The van der Waals surface area contributed by atoms with Crippen LogP contribution in [0.15, 0.2) is 9.59 Å². The Hall–Kier alpha value is -2.45. The Morgan fingerprint density at radius 1 is 1.33 bits per heavy atom. The fourth-order valence-corrected chi connectivity index (χ4v) is 1.74. The van der Waals surface area contributed by atoms with Crippen LogP contribution in [0.4, 0.5) is 4.39 Å². The lowest BCUT2D eigenvalue weighted by molar-refractivity contribution is -0.137. The molecule has 2 heterocycles. The first-order chi connectivity index (χ1) is 8.34. The normalized spacial score (nSPS) is 19.7. The van der Waals surface area contributed by atoms with Crippen molar-refractivity contribution in [2.75, 3.05) is 7.05 Å². The molecule has 0 aliphatic carbocycles. The molecule has 1 fully saturated rings. The Morgan fingerprint density at radius 2 is 1.94 bits per heavy atom. The summed E-state index contributed by atoms with van der Waals surface area (Å²) in [6.07, 6.45) is -0.381. The predicted molar refractivity (Wildman–Crippen MR) is 54.4 cm³/mol. The van der Waals surface area contributed by atoms with Gasteiger partial charge in [0.25, 0.3) is 11.5 Å². The van der Waals surface area contributed by atoms with E-state index in [4.69, 9.17) is 0 Å². The van der Waals surface area contributed by atoms with Gasteiger partial charge in [0, 0.05) is 7.05 Å². The van der Waals surface area contributed by atoms with Gasteiger partial charge in [-0.1, -0.05) is 0 Å². The second-order valence-electron chi connectivity index (χ2n) is 3.78. The number of nitrogens with one attached hydrogen (secondary N) is 1. The van der Waals surface area contributed by atoms with E-state index in [-0.39, 0.29) is 6.42 Å². The SMILES string of the molecule is CN1C(=O)CC(n2c(O)c(F)c(=O)[nH]c2=O)C1=O. The molecule has 0 aromatic carbocycles. The number of aromatic nitrogens is 2. The van der Waals surface area contributed by atoms with Crippen molar-refractivity contribution < 1.29 is 19.1 Å². The van der Waals surface area contributed by atoms with E-state index < -0.39 is 40.8 Å². The quantitative estimate of drug-likeness (QED) is 0.583. The first-order valence-electron chi connectivity index (χ1n) is 4.88. The number of aromatic amines is 1. The summed E-state index contributed by atoms with van der Waals surface area (Å²) in [5.74, 6) is -4.17. The number of hydrogen-bond acceptors (Lipinski definition) is 5. The van der Waals surface area contributed by atoms with Crippen LogP contribution in [0.25, 0.3) is 0 Å². The maximum Gasteiger partial charge on any atom is 0.332 e. The molecule has 18 heavy (non-hydrogen) atoms. The Labute approximate surface area is 98.3 Å². The summed E-state index contributed by atoms with van der Waals surface area (Å²) >= 11 is 0. The lowest BCUT2D eigenvalue weighted by Crippen LogP contribution is -2.37. The summed E-state index contributed by atoms with van der Waals surface area (Å²) in [6.45, 7) is 0. The highest BCUT2D eigenvalue weighted by atomic mass is 19.1. The van der Waals surface area contributed by atoms with Gasteiger partial charge < -0.3 is 5.11 Å². The van der Waals surface area contributed by atoms with E-state index in [1.807, 2.05) is 0 Å². The molecule has 1 saturated heterocycles. The van der Waals surface area contributed by atoms with Crippen LogP contribution in [0.2, 0.25) is 0 Å². The monoisotopic (exact) mass is 257 g/mol. The molecule has 1 aliphatic heterocycles. The van der Waals surface area contributed by atoms with Gasteiger partial charge in [-0.2, -0.15) is 4.39 Å². The number of amides is 2. The minimum absolute atomic E-state index is 0.362. The summed E-state index contributed by atoms with van der Waals surface area (Å²) in [4.78, 5) is 47.6. The molecule has 1 unspecified atom stereocenters. The molecule has 0 bridgehead atoms. The summed E-state index contributed by atoms with van der Waals surface area (Å²) < 4.78 is 13.5. The Morgan fingerprint density at radius 3 is 2.44 bits per heavy atom. The third-order valence-electron chi connectivity index (χ3n) is 2.73. The summed E-state index contributed by atoms with van der Waals surface area (Å²) in [5.41, 5.74) is -2.54. The van der Waals surface area contributed by atoms with E-state index in [0.29, 0.717) is 4.57 Å². The molecule has 96 valence electrons. The number of likely N-dealkylation sites (tertiary alicyclic amines) is 1. The van der Waals surface area contributed by atoms with E-state index in [9.17, 15) is 28.7 Å². The van der Waals surface area contributed by atoms with Crippen LogP contribution >= 0.6 is 0 Å². The highest BCUT2D eigenvalue weighted by Crippen LogP contribution is 2.25. The third kappa shape index (κ3) is 1.51. The van der Waals surface area contributed by atoms with Crippen molar-refractivity contribution >= 4 is 11.8 Å². The Kier molecular flexibility index (Phi) is 2.53. The van der Waals surface area contributed by atoms with Crippen molar-refractivity contribution in [3.63, 3.8) is 0 Å². The number of aromatic hydroxyl groups is 1. The summed E-state index contributed by atoms with van der Waals surface area (Å²) in [7, 11) is 1.20. The first-order valence-corrected chi connectivity index (χ1v) is 4.88. The van der Waals surface area contributed by atoms with Crippen LogP contribution in [-0.4, -0.2) is 38.4 Å². The lowest BCUT2D eigenvalue weighted by Gasteiger charge is -2.13. The van der Waals surface area contributed by atoms with Crippen molar-refractivity contribution in [3.8, 4) is 5.88 Å². The van der Waals surface area contributed by atoms with Crippen LogP contribution in [0, 0.1) is 5.82 Å². The van der Waals surface area contributed by atoms with Gasteiger partial charge in [0.05, 0.1) is 6.42 Å². The van der Waals surface area contributed by atoms with Gasteiger partial charge >= 0.3 is 5.69 Å². The van der Waals surface area contributed by atoms with Gasteiger partial charge in [0.2, 0.25) is 17.6 Å². The largest absolute Gasteiger partial charge is 0.492 e. The molecule has 1 atom stereocenters. The van der Waals surface area contributed by atoms with Crippen molar-refractivity contribution in [2.24, 2.45) is 0 Å². The molecule has 2 amide bonds. The maximum absolute atomic E-state index is 13.2. The molecule has 2 N–H and O–H groups in total. The van der Waals surface area contributed by atoms with Crippen molar-refractivity contribution in [1.82, 2.24) is 14.5 Å². The molecule has 0 radical (unpaired) electrons. The Balaban J connectivity index is 2.64. The van der Waals surface area contributed by atoms with E-state index in [1.54, 1.807) is 4.98 Å².